The summed E-state index contributed by atoms with van der Waals surface area (Å²) in [6.07, 6.45) is 3.18. The minimum Gasteiger partial charge on any atom is -0.382 e. The SMILES string of the molecule is NC(=NCNCc1nccs1)c1cnon1. The van der Waals surface area contributed by atoms with Crippen molar-refractivity contribution < 1.29 is 4.63 Å². The summed E-state index contributed by atoms with van der Waals surface area (Å²) < 4.78 is 4.41. The minimum atomic E-state index is 0.299. The Bertz CT molecular complexity index is 437. The number of nitrogens with two attached hydrogens (primary N) is 1. The van der Waals surface area contributed by atoms with Crippen molar-refractivity contribution in [3.63, 3.8) is 0 Å². The van der Waals surface area contributed by atoms with Gasteiger partial charge >= 0.3 is 0 Å². The van der Waals surface area contributed by atoms with E-state index >= 15 is 0 Å². The van der Waals surface area contributed by atoms with E-state index in [1.165, 1.54) is 6.20 Å². The number of hydrogen-bond donors (Lipinski definition) is 2. The lowest BCUT2D eigenvalue weighted by molar-refractivity contribution is 0.306. The number of nitrogens with zero attached hydrogens (tertiary/aromatic N) is 4. The van der Waals surface area contributed by atoms with Crippen LogP contribution in [0.3, 0.4) is 0 Å². The van der Waals surface area contributed by atoms with Crippen LogP contribution in [0.4, 0.5) is 0 Å². The molecular formula is C8H10N6OS. The number of hydrogen-bond acceptors (Lipinski definition) is 7. The summed E-state index contributed by atoms with van der Waals surface area (Å²) >= 11 is 1.59. The van der Waals surface area contributed by atoms with Gasteiger partial charge in [-0.25, -0.2) is 9.61 Å². The van der Waals surface area contributed by atoms with Crippen molar-refractivity contribution in [3.8, 4) is 0 Å². The van der Waals surface area contributed by atoms with Gasteiger partial charge in [0.15, 0.2) is 11.5 Å². The van der Waals surface area contributed by atoms with Crippen molar-refractivity contribution in [2.24, 2.45) is 10.7 Å². The second-order valence-electron chi connectivity index (χ2n) is 2.85. The first-order valence-corrected chi connectivity index (χ1v) is 5.41. The molecule has 2 aromatic heterocycles. The monoisotopic (exact) mass is 238 g/mol. The van der Waals surface area contributed by atoms with Crippen molar-refractivity contribution in [3.05, 3.63) is 28.5 Å². The highest BCUT2D eigenvalue weighted by molar-refractivity contribution is 7.09. The van der Waals surface area contributed by atoms with Gasteiger partial charge in [0.1, 0.15) is 11.2 Å². The minimum absolute atomic E-state index is 0.299. The van der Waals surface area contributed by atoms with E-state index in [2.05, 4.69) is 30.2 Å². The molecule has 0 saturated carbocycles. The third kappa shape index (κ3) is 2.84. The summed E-state index contributed by atoms with van der Waals surface area (Å²) in [5, 5.41) is 13.0. The molecule has 0 bridgehead atoms. The summed E-state index contributed by atoms with van der Waals surface area (Å²) in [6, 6.07) is 0. The van der Waals surface area contributed by atoms with Crippen molar-refractivity contribution >= 4 is 17.2 Å². The molecule has 0 aliphatic rings. The van der Waals surface area contributed by atoms with Crippen LogP contribution in [0.2, 0.25) is 0 Å². The van der Waals surface area contributed by atoms with Gasteiger partial charge in [-0.2, -0.15) is 0 Å². The van der Waals surface area contributed by atoms with E-state index in [4.69, 9.17) is 5.73 Å². The van der Waals surface area contributed by atoms with Gasteiger partial charge in [-0.1, -0.05) is 5.16 Å². The zero-order valence-electron chi connectivity index (χ0n) is 8.33. The Labute approximate surface area is 95.4 Å². The highest BCUT2D eigenvalue weighted by atomic mass is 32.1. The van der Waals surface area contributed by atoms with Crippen LogP contribution >= 0.6 is 11.3 Å². The largest absolute Gasteiger partial charge is 0.382 e. The number of rotatable bonds is 5. The zero-order chi connectivity index (χ0) is 11.2. The summed E-state index contributed by atoms with van der Waals surface area (Å²) in [7, 11) is 0. The van der Waals surface area contributed by atoms with E-state index in [1.807, 2.05) is 5.38 Å². The summed E-state index contributed by atoms with van der Waals surface area (Å²) in [5.41, 5.74) is 6.07. The Morgan fingerprint density at radius 2 is 2.56 bits per heavy atom. The zero-order valence-corrected chi connectivity index (χ0v) is 9.15. The molecule has 8 heteroatoms. The first kappa shape index (κ1) is 10.7. The lowest BCUT2D eigenvalue weighted by Crippen LogP contribution is -2.19. The first-order chi connectivity index (χ1) is 7.86. The van der Waals surface area contributed by atoms with Crippen LogP contribution in [-0.2, 0) is 6.54 Å². The fraction of sp³-hybridized carbons (Fsp3) is 0.250. The molecule has 2 rings (SSSR count). The van der Waals surface area contributed by atoms with Crippen LogP contribution in [-0.4, -0.2) is 27.8 Å². The third-order valence-electron chi connectivity index (χ3n) is 1.74. The molecule has 0 unspecified atom stereocenters. The van der Waals surface area contributed by atoms with Crippen molar-refractivity contribution in [2.75, 3.05) is 6.67 Å². The van der Waals surface area contributed by atoms with Crippen LogP contribution in [0.25, 0.3) is 0 Å². The van der Waals surface area contributed by atoms with E-state index in [9.17, 15) is 0 Å². The molecule has 0 spiro atoms. The quantitative estimate of drug-likeness (QED) is 0.431. The fourth-order valence-corrected chi connectivity index (χ4v) is 1.59. The number of aliphatic imine (C=N–C) groups is 1. The number of aromatic nitrogens is 3. The van der Waals surface area contributed by atoms with Gasteiger partial charge in [0.05, 0.1) is 6.67 Å². The van der Waals surface area contributed by atoms with Crippen LogP contribution in [0.15, 0.2) is 27.4 Å². The molecule has 0 amide bonds. The Balaban J connectivity index is 1.77. The van der Waals surface area contributed by atoms with Crippen molar-refractivity contribution in [1.29, 1.82) is 0 Å². The number of nitrogens with one attached hydrogen (secondary N) is 1. The summed E-state index contributed by atoms with van der Waals surface area (Å²) in [4.78, 5) is 8.19. The average molecular weight is 238 g/mol. The molecule has 7 nitrogen and oxygen atoms in total. The molecule has 0 aliphatic carbocycles. The molecule has 3 N–H and O–H groups in total. The average Bonchev–Trinajstić information content (AvgIpc) is 2.96. The lowest BCUT2D eigenvalue weighted by atomic mass is 10.4. The second kappa shape index (κ2) is 5.33. The topological polar surface area (TPSA) is 102 Å². The van der Waals surface area contributed by atoms with Gasteiger partial charge in [-0.05, 0) is 5.16 Å². The highest BCUT2D eigenvalue weighted by Crippen LogP contribution is 2.02. The first-order valence-electron chi connectivity index (χ1n) is 4.53. The van der Waals surface area contributed by atoms with Gasteiger partial charge in [0.25, 0.3) is 0 Å². The second-order valence-corrected chi connectivity index (χ2v) is 3.83. The molecule has 0 atom stereocenters. The van der Waals surface area contributed by atoms with Crippen molar-refractivity contribution in [1.82, 2.24) is 20.6 Å². The predicted octanol–water partition coefficient (Wildman–Crippen LogP) is -0.0213. The molecule has 0 radical (unpaired) electrons. The van der Waals surface area contributed by atoms with Crippen LogP contribution in [0.5, 0.6) is 0 Å². The maximum Gasteiger partial charge on any atom is 0.169 e. The predicted molar refractivity (Wildman–Crippen MR) is 58.8 cm³/mol. The number of thiazole rings is 1. The molecular weight excluding hydrogens is 228 g/mol. The fourth-order valence-electron chi connectivity index (χ4n) is 1.00. The Morgan fingerprint density at radius 1 is 1.62 bits per heavy atom. The van der Waals surface area contributed by atoms with E-state index < -0.39 is 0 Å². The maximum atomic E-state index is 5.63. The third-order valence-corrected chi connectivity index (χ3v) is 2.52. The van der Waals surface area contributed by atoms with E-state index in [0.29, 0.717) is 24.7 Å². The lowest BCUT2D eigenvalue weighted by Gasteiger charge is -1.98. The van der Waals surface area contributed by atoms with E-state index in [-0.39, 0.29) is 0 Å². The summed E-state index contributed by atoms with van der Waals surface area (Å²) in [6.45, 7) is 1.07. The van der Waals surface area contributed by atoms with Gasteiger partial charge in [0.2, 0.25) is 0 Å². The molecule has 16 heavy (non-hydrogen) atoms. The molecule has 2 heterocycles. The smallest absolute Gasteiger partial charge is 0.169 e. The Morgan fingerprint density at radius 3 is 3.25 bits per heavy atom. The molecule has 0 fully saturated rings. The van der Waals surface area contributed by atoms with Crippen molar-refractivity contribution in [2.45, 2.75) is 6.54 Å². The highest BCUT2D eigenvalue weighted by Gasteiger charge is 2.01. The van der Waals surface area contributed by atoms with Gasteiger partial charge in [-0.3, -0.25) is 10.3 Å². The van der Waals surface area contributed by atoms with Gasteiger partial charge in [-0.15, -0.1) is 11.3 Å². The molecule has 84 valence electrons. The van der Waals surface area contributed by atoms with Crippen LogP contribution in [0, 0.1) is 0 Å². The van der Waals surface area contributed by atoms with Crippen LogP contribution < -0.4 is 11.1 Å². The summed E-state index contributed by atoms with van der Waals surface area (Å²) in [5.74, 6) is 0.299. The van der Waals surface area contributed by atoms with Crippen LogP contribution in [0.1, 0.15) is 10.7 Å². The Kier molecular flexibility index (Phi) is 3.57. The van der Waals surface area contributed by atoms with Gasteiger partial charge < -0.3 is 5.73 Å². The molecule has 0 saturated heterocycles. The molecule has 0 aliphatic heterocycles. The standard InChI is InChI=1S/C8H10N6OS/c9-8(6-3-13-15-14-6)12-5-10-4-7-11-1-2-16-7/h1-3,10H,4-5H2,(H2,9,12). The molecule has 0 aromatic carbocycles. The Hall–Kier alpha value is -1.80. The van der Waals surface area contributed by atoms with E-state index in [0.717, 1.165) is 5.01 Å². The molecule has 2 aromatic rings. The maximum absolute atomic E-state index is 5.63. The number of amidine groups is 1. The van der Waals surface area contributed by atoms with Gasteiger partial charge in [0, 0.05) is 18.1 Å². The normalized spacial score (nSPS) is 11.9. The van der Waals surface area contributed by atoms with E-state index in [1.54, 1.807) is 17.5 Å².